The molecule has 0 aliphatic heterocycles. The van der Waals surface area contributed by atoms with Crippen molar-refractivity contribution in [2.75, 3.05) is 18.5 Å². The molecule has 1 N–H and O–H groups in total. The van der Waals surface area contributed by atoms with Crippen molar-refractivity contribution < 1.29 is 14.3 Å². The summed E-state index contributed by atoms with van der Waals surface area (Å²) in [5.74, 6) is 0.383. The Balaban J connectivity index is 2.88. The van der Waals surface area contributed by atoms with Gasteiger partial charge < -0.3 is 14.8 Å². The Hall–Kier alpha value is -2.06. The Morgan fingerprint density at radius 3 is 2.65 bits per heavy atom. The number of nitrogens with one attached hydrogen (secondary N) is 1. The fourth-order valence-corrected chi connectivity index (χ4v) is 2.05. The predicted octanol–water partition coefficient (Wildman–Crippen LogP) is 3.88. The maximum absolute atomic E-state index is 12.4. The zero-order chi connectivity index (χ0) is 17.3. The second-order valence-electron chi connectivity index (χ2n) is 5.49. The minimum Gasteiger partial charge on any atom is -0.494 e. The molecule has 1 aromatic carbocycles. The molecule has 0 heterocycles. The fourth-order valence-electron chi connectivity index (χ4n) is 2.05. The molecule has 1 atom stereocenters. The number of benzene rings is 1. The van der Waals surface area contributed by atoms with E-state index in [4.69, 9.17) is 9.47 Å². The van der Waals surface area contributed by atoms with Crippen LogP contribution in [0.25, 0.3) is 0 Å². The normalized spacial score (nSPS) is 13.0. The summed E-state index contributed by atoms with van der Waals surface area (Å²) in [5, 5.41) is 12.1. The molecule has 0 saturated carbocycles. The predicted molar refractivity (Wildman–Crippen MR) is 90.5 cm³/mol. The largest absolute Gasteiger partial charge is 0.494 e. The van der Waals surface area contributed by atoms with Gasteiger partial charge >= 0.3 is 0 Å². The van der Waals surface area contributed by atoms with E-state index >= 15 is 0 Å². The van der Waals surface area contributed by atoms with E-state index in [9.17, 15) is 10.1 Å². The van der Waals surface area contributed by atoms with Crippen molar-refractivity contribution in [3.05, 3.63) is 23.8 Å². The molecule has 0 unspecified atom stereocenters. The number of nitriles is 1. The van der Waals surface area contributed by atoms with Gasteiger partial charge in [0.2, 0.25) is 0 Å². The summed E-state index contributed by atoms with van der Waals surface area (Å²) in [6.07, 6.45) is 2.56. The van der Waals surface area contributed by atoms with E-state index in [0.29, 0.717) is 36.6 Å². The van der Waals surface area contributed by atoms with Crippen LogP contribution in [0.1, 0.15) is 52.5 Å². The molecule has 23 heavy (non-hydrogen) atoms. The molecule has 0 aliphatic rings. The SMILES string of the molecule is CCCCOc1ccc(NC(=O)[C@](C)(CC)OCC)c(C#N)c1. The summed E-state index contributed by atoms with van der Waals surface area (Å²) in [6.45, 7) is 8.65. The van der Waals surface area contributed by atoms with Crippen LogP contribution in [0.4, 0.5) is 5.69 Å². The monoisotopic (exact) mass is 318 g/mol. The molecule has 0 bridgehead atoms. The maximum atomic E-state index is 12.4. The van der Waals surface area contributed by atoms with Gasteiger partial charge in [-0.05, 0) is 44.9 Å². The highest BCUT2D eigenvalue weighted by Gasteiger charge is 2.32. The number of carbonyl (C=O) groups is 1. The van der Waals surface area contributed by atoms with Crippen molar-refractivity contribution in [2.45, 2.75) is 52.6 Å². The van der Waals surface area contributed by atoms with Crippen LogP contribution in [0.2, 0.25) is 0 Å². The van der Waals surface area contributed by atoms with E-state index in [2.05, 4.69) is 18.3 Å². The van der Waals surface area contributed by atoms with Crippen LogP contribution in [0.5, 0.6) is 5.75 Å². The van der Waals surface area contributed by atoms with Gasteiger partial charge in [-0.15, -0.1) is 0 Å². The average molecular weight is 318 g/mol. The molecule has 0 aliphatic carbocycles. The number of rotatable bonds is 9. The Morgan fingerprint density at radius 2 is 2.09 bits per heavy atom. The Bertz CT molecular complexity index is 566. The third-order valence-electron chi connectivity index (χ3n) is 3.74. The second kappa shape index (κ2) is 9.16. The van der Waals surface area contributed by atoms with Crippen LogP contribution in [0, 0.1) is 11.3 Å². The Kier molecular flexibility index (Phi) is 7.56. The number of anilines is 1. The number of hydrogen-bond acceptors (Lipinski definition) is 4. The highest BCUT2D eigenvalue weighted by molar-refractivity contribution is 5.98. The number of carbonyl (C=O) groups excluding carboxylic acids is 1. The number of amides is 1. The minimum atomic E-state index is -0.905. The lowest BCUT2D eigenvalue weighted by Crippen LogP contribution is -2.42. The fraction of sp³-hybridized carbons (Fsp3) is 0.556. The number of ether oxygens (including phenoxy) is 2. The first-order valence-corrected chi connectivity index (χ1v) is 8.13. The zero-order valence-electron chi connectivity index (χ0n) is 14.4. The van der Waals surface area contributed by atoms with Crippen LogP contribution in [-0.2, 0) is 9.53 Å². The summed E-state index contributed by atoms with van der Waals surface area (Å²) in [5.41, 5.74) is -0.0559. The van der Waals surface area contributed by atoms with Gasteiger partial charge in [0.15, 0.2) is 0 Å². The smallest absolute Gasteiger partial charge is 0.256 e. The van der Waals surface area contributed by atoms with Gasteiger partial charge in [0.05, 0.1) is 17.9 Å². The summed E-state index contributed by atoms with van der Waals surface area (Å²) in [7, 11) is 0. The van der Waals surface area contributed by atoms with Crippen molar-refractivity contribution in [3.8, 4) is 11.8 Å². The van der Waals surface area contributed by atoms with E-state index < -0.39 is 5.60 Å². The van der Waals surface area contributed by atoms with Crippen LogP contribution in [0.3, 0.4) is 0 Å². The number of nitrogens with zero attached hydrogens (tertiary/aromatic N) is 1. The lowest BCUT2D eigenvalue weighted by Gasteiger charge is -2.27. The highest BCUT2D eigenvalue weighted by Crippen LogP contribution is 2.24. The molecule has 0 aromatic heterocycles. The van der Waals surface area contributed by atoms with Crippen molar-refractivity contribution >= 4 is 11.6 Å². The summed E-state index contributed by atoms with van der Waals surface area (Å²) in [6, 6.07) is 7.20. The van der Waals surface area contributed by atoms with Crippen molar-refractivity contribution in [1.29, 1.82) is 5.26 Å². The summed E-state index contributed by atoms with van der Waals surface area (Å²) >= 11 is 0. The molecular weight excluding hydrogens is 292 g/mol. The quantitative estimate of drug-likeness (QED) is 0.701. The molecule has 0 saturated heterocycles. The Morgan fingerprint density at radius 1 is 1.35 bits per heavy atom. The van der Waals surface area contributed by atoms with Gasteiger partial charge in [0, 0.05) is 6.61 Å². The molecule has 1 amide bonds. The molecule has 126 valence electrons. The number of hydrogen-bond donors (Lipinski definition) is 1. The average Bonchev–Trinajstić information content (AvgIpc) is 2.56. The third-order valence-corrected chi connectivity index (χ3v) is 3.74. The van der Waals surface area contributed by atoms with Gasteiger partial charge in [-0.3, -0.25) is 4.79 Å². The topological polar surface area (TPSA) is 71.3 Å². The van der Waals surface area contributed by atoms with E-state index in [1.807, 2.05) is 13.8 Å². The minimum absolute atomic E-state index is 0.252. The van der Waals surface area contributed by atoms with Crippen molar-refractivity contribution in [3.63, 3.8) is 0 Å². The molecule has 1 aromatic rings. The summed E-state index contributed by atoms with van der Waals surface area (Å²) < 4.78 is 11.1. The molecule has 5 nitrogen and oxygen atoms in total. The number of unbranched alkanes of at least 4 members (excludes halogenated alkanes) is 1. The van der Waals surface area contributed by atoms with Gasteiger partial charge in [-0.1, -0.05) is 20.3 Å². The lowest BCUT2D eigenvalue weighted by atomic mass is 10.0. The van der Waals surface area contributed by atoms with Crippen LogP contribution < -0.4 is 10.1 Å². The zero-order valence-corrected chi connectivity index (χ0v) is 14.4. The van der Waals surface area contributed by atoms with E-state index in [0.717, 1.165) is 12.8 Å². The van der Waals surface area contributed by atoms with Crippen molar-refractivity contribution in [1.82, 2.24) is 0 Å². The third kappa shape index (κ3) is 5.26. The first-order chi connectivity index (χ1) is 11.0. The standard InChI is InChI=1S/C18H26N2O3/c1-5-8-11-22-15-9-10-16(14(12-15)13-19)20-17(21)18(4,6-2)23-7-3/h9-10,12H,5-8,11H2,1-4H3,(H,20,21)/t18-/m0/s1. The van der Waals surface area contributed by atoms with Crippen LogP contribution in [0.15, 0.2) is 18.2 Å². The van der Waals surface area contributed by atoms with Crippen molar-refractivity contribution in [2.24, 2.45) is 0 Å². The maximum Gasteiger partial charge on any atom is 0.256 e. The van der Waals surface area contributed by atoms with E-state index in [1.165, 1.54) is 0 Å². The second-order valence-corrected chi connectivity index (χ2v) is 5.49. The van der Waals surface area contributed by atoms with Crippen LogP contribution in [-0.4, -0.2) is 24.7 Å². The van der Waals surface area contributed by atoms with Gasteiger partial charge in [-0.25, -0.2) is 0 Å². The first kappa shape index (κ1) is 19.0. The molecule has 0 fully saturated rings. The van der Waals surface area contributed by atoms with Crippen LogP contribution >= 0.6 is 0 Å². The molecule has 0 radical (unpaired) electrons. The van der Waals surface area contributed by atoms with E-state index in [1.54, 1.807) is 25.1 Å². The molecule has 5 heteroatoms. The van der Waals surface area contributed by atoms with Gasteiger partial charge in [-0.2, -0.15) is 5.26 Å². The Labute approximate surface area is 138 Å². The van der Waals surface area contributed by atoms with Gasteiger partial charge in [0.1, 0.15) is 17.4 Å². The lowest BCUT2D eigenvalue weighted by molar-refractivity contribution is -0.139. The first-order valence-electron chi connectivity index (χ1n) is 8.13. The molecule has 0 spiro atoms. The highest BCUT2D eigenvalue weighted by atomic mass is 16.5. The molecular formula is C18H26N2O3. The summed E-state index contributed by atoms with van der Waals surface area (Å²) in [4.78, 5) is 12.4. The van der Waals surface area contributed by atoms with E-state index in [-0.39, 0.29) is 5.91 Å². The van der Waals surface area contributed by atoms with Gasteiger partial charge in [0.25, 0.3) is 5.91 Å². The molecule has 1 rings (SSSR count).